The second-order valence-electron chi connectivity index (χ2n) is 8.16. The molecule has 150 valence electrons. The van der Waals surface area contributed by atoms with E-state index in [1.54, 1.807) is 24.4 Å². The van der Waals surface area contributed by atoms with Gasteiger partial charge in [-0.2, -0.15) is 0 Å². The number of aromatic nitrogens is 3. The number of hydrogen-bond acceptors (Lipinski definition) is 3. The quantitative estimate of drug-likeness (QED) is 0.556. The van der Waals surface area contributed by atoms with Crippen LogP contribution < -0.4 is 5.69 Å². The number of rotatable bonds is 2. The number of hydrogen-bond donors (Lipinski definition) is 1. The number of aromatic amines is 1. The molecule has 5 nitrogen and oxygen atoms in total. The van der Waals surface area contributed by atoms with Crippen LogP contribution in [-0.2, 0) is 19.4 Å². The molecule has 1 N–H and O–H groups in total. The van der Waals surface area contributed by atoms with E-state index in [4.69, 9.17) is 4.98 Å². The van der Waals surface area contributed by atoms with E-state index in [1.165, 1.54) is 21.6 Å². The Kier molecular flexibility index (Phi) is 3.89. The summed E-state index contributed by atoms with van der Waals surface area (Å²) in [6.45, 7) is 1.63. The lowest BCUT2D eigenvalue weighted by atomic mass is 10.0. The third-order valence-electron chi connectivity index (χ3n) is 6.52. The molecular weight excluding hydrogens is 379 g/mol. The van der Waals surface area contributed by atoms with Crippen LogP contribution in [0.4, 0.5) is 4.39 Å². The summed E-state index contributed by atoms with van der Waals surface area (Å²) in [6, 6.07) is 15.6. The Labute approximate surface area is 172 Å². The minimum Gasteiger partial charge on any atom is -0.310 e. The minimum atomic E-state index is -0.338. The van der Waals surface area contributed by atoms with Crippen molar-refractivity contribution in [3.63, 3.8) is 0 Å². The predicted molar refractivity (Wildman–Crippen MR) is 113 cm³/mol. The van der Waals surface area contributed by atoms with E-state index in [9.17, 15) is 9.18 Å². The summed E-state index contributed by atoms with van der Waals surface area (Å²) in [5.41, 5.74) is 6.12. The second-order valence-corrected chi connectivity index (χ2v) is 8.16. The van der Waals surface area contributed by atoms with E-state index in [2.05, 4.69) is 34.1 Å². The Balaban J connectivity index is 1.44. The van der Waals surface area contributed by atoms with Crippen LogP contribution in [0, 0.1) is 5.82 Å². The van der Waals surface area contributed by atoms with Crippen molar-refractivity contribution in [2.24, 2.45) is 0 Å². The zero-order valence-electron chi connectivity index (χ0n) is 16.4. The highest BCUT2D eigenvalue weighted by atomic mass is 19.1. The molecule has 1 atom stereocenters. The minimum absolute atomic E-state index is 0.224. The van der Waals surface area contributed by atoms with Crippen LogP contribution in [0.5, 0.6) is 0 Å². The van der Waals surface area contributed by atoms with Crippen molar-refractivity contribution in [3.8, 4) is 11.3 Å². The van der Waals surface area contributed by atoms with Gasteiger partial charge in [0.2, 0.25) is 0 Å². The number of benzene rings is 2. The highest BCUT2D eigenvalue weighted by Gasteiger charge is 2.31. The molecule has 6 rings (SSSR count). The fourth-order valence-corrected chi connectivity index (χ4v) is 5.04. The fraction of sp³-hybridized carbons (Fsp3) is 0.250. The largest absolute Gasteiger partial charge is 0.331 e. The number of nitrogens with zero attached hydrogens (tertiary/aromatic N) is 3. The first-order valence-electron chi connectivity index (χ1n) is 10.4. The van der Waals surface area contributed by atoms with Gasteiger partial charge in [-0.25, -0.2) is 14.2 Å². The van der Waals surface area contributed by atoms with Crippen molar-refractivity contribution in [1.82, 2.24) is 19.3 Å². The van der Waals surface area contributed by atoms with E-state index in [0.29, 0.717) is 22.9 Å². The van der Waals surface area contributed by atoms with Crippen LogP contribution in [0.15, 0.2) is 59.5 Å². The van der Waals surface area contributed by atoms with Crippen LogP contribution >= 0.6 is 0 Å². The molecule has 0 spiro atoms. The van der Waals surface area contributed by atoms with Gasteiger partial charge < -0.3 is 4.98 Å². The topological polar surface area (TPSA) is 53.4 Å². The summed E-state index contributed by atoms with van der Waals surface area (Å²) in [7, 11) is 0. The van der Waals surface area contributed by atoms with Crippen LogP contribution in [0.2, 0.25) is 0 Å². The Morgan fingerprint density at radius 1 is 1.07 bits per heavy atom. The monoisotopic (exact) mass is 400 g/mol. The third-order valence-corrected chi connectivity index (χ3v) is 6.52. The number of halogens is 1. The summed E-state index contributed by atoms with van der Waals surface area (Å²) < 4.78 is 15.8. The Bertz CT molecular complexity index is 1340. The lowest BCUT2D eigenvalue weighted by Crippen LogP contribution is -2.36. The standard InChI is InChI=1S/C24H21FN4O/c25-19-8-4-3-7-17(19)21-14-29-23(26-21)18-13-28(12-11-20(18)27-24(29)30)22-10-9-15-5-1-2-6-16(15)22/h1-8,14,22H,9-13H2,(H,27,30). The van der Waals surface area contributed by atoms with Gasteiger partial charge in [-0.05, 0) is 36.1 Å². The average Bonchev–Trinajstić information content (AvgIpc) is 3.39. The zero-order chi connectivity index (χ0) is 20.2. The summed E-state index contributed by atoms with van der Waals surface area (Å²) in [6.07, 6.45) is 4.63. The summed E-state index contributed by atoms with van der Waals surface area (Å²) >= 11 is 0. The van der Waals surface area contributed by atoms with Gasteiger partial charge in [-0.15, -0.1) is 0 Å². The van der Waals surface area contributed by atoms with Gasteiger partial charge in [0.15, 0.2) is 0 Å². The van der Waals surface area contributed by atoms with Crippen molar-refractivity contribution in [3.05, 3.63) is 93.4 Å². The number of imidazole rings is 1. The molecule has 30 heavy (non-hydrogen) atoms. The number of nitrogens with one attached hydrogen (secondary N) is 1. The van der Waals surface area contributed by atoms with E-state index in [-0.39, 0.29) is 11.5 Å². The predicted octanol–water partition coefficient (Wildman–Crippen LogP) is 3.87. The van der Waals surface area contributed by atoms with Gasteiger partial charge in [0, 0.05) is 48.6 Å². The highest BCUT2D eigenvalue weighted by Crippen LogP contribution is 2.38. The molecule has 4 aromatic rings. The highest BCUT2D eigenvalue weighted by molar-refractivity contribution is 5.65. The molecule has 0 saturated heterocycles. The van der Waals surface area contributed by atoms with Crippen LogP contribution in [-0.4, -0.2) is 25.8 Å². The van der Waals surface area contributed by atoms with Gasteiger partial charge in [0.1, 0.15) is 11.5 Å². The summed E-state index contributed by atoms with van der Waals surface area (Å²) in [4.78, 5) is 22.9. The smallest absolute Gasteiger partial charge is 0.310 e. The van der Waals surface area contributed by atoms with E-state index in [1.807, 2.05) is 0 Å². The average molecular weight is 400 g/mol. The molecule has 2 aromatic carbocycles. The van der Waals surface area contributed by atoms with Gasteiger partial charge in [0.25, 0.3) is 0 Å². The van der Waals surface area contributed by atoms with Crippen LogP contribution in [0.1, 0.15) is 34.8 Å². The van der Waals surface area contributed by atoms with Crippen molar-refractivity contribution in [2.75, 3.05) is 6.54 Å². The van der Waals surface area contributed by atoms with E-state index in [0.717, 1.165) is 43.6 Å². The molecule has 2 aromatic heterocycles. The first-order chi connectivity index (χ1) is 14.7. The lowest BCUT2D eigenvalue weighted by Gasteiger charge is -2.33. The maximum absolute atomic E-state index is 14.3. The second kappa shape index (κ2) is 6.64. The number of aryl methyl sites for hydroxylation is 1. The summed E-state index contributed by atoms with van der Waals surface area (Å²) in [5, 5.41) is 0. The van der Waals surface area contributed by atoms with Crippen LogP contribution in [0.3, 0.4) is 0 Å². The SMILES string of the molecule is O=c1[nH]c2c(c3nc(-c4ccccc4F)cn13)CN(C1CCc3ccccc31)CC2. The Morgan fingerprint density at radius 3 is 2.80 bits per heavy atom. The van der Waals surface area contributed by atoms with Crippen molar-refractivity contribution >= 4 is 5.65 Å². The fourth-order valence-electron chi connectivity index (χ4n) is 5.04. The third kappa shape index (κ3) is 2.64. The maximum atomic E-state index is 14.3. The van der Waals surface area contributed by atoms with Gasteiger partial charge in [-0.1, -0.05) is 36.4 Å². The molecule has 2 aliphatic rings. The van der Waals surface area contributed by atoms with Crippen molar-refractivity contribution in [2.45, 2.75) is 31.8 Å². The molecule has 0 bridgehead atoms. The summed E-state index contributed by atoms with van der Waals surface area (Å²) in [5.74, 6) is -0.338. The Hall–Kier alpha value is -3.25. The lowest BCUT2D eigenvalue weighted by molar-refractivity contribution is 0.177. The van der Waals surface area contributed by atoms with Crippen molar-refractivity contribution in [1.29, 1.82) is 0 Å². The first kappa shape index (κ1) is 17.6. The van der Waals surface area contributed by atoms with Crippen LogP contribution in [0.25, 0.3) is 16.9 Å². The molecule has 3 heterocycles. The number of H-pyrrole nitrogens is 1. The molecule has 6 heteroatoms. The molecule has 0 radical (unpaired) electrons. The molecule has 1 aliphatic heterocycles. The molecule has 1 aliphatic carbocycles. The number of fused-ring (bicyclic) bond motifs is 4. The van der Waals surface area contributed by atoms with E-state index < -0.39 is 0 Å². The van der Waals surface area contributed by atoms with Crippen molar-refractivity contribution < 1.29 is 4.39 Å². The van der Waals surface area contributed by atoms with E-state index >= 15 is 0 Å². The maximum Gasteiger partial charge on any atom is 0.331 e. The molecule has 0 saturated carbocycles. The van der Waals surface area contributed by atoms with Gasteiger partial charge in [0.05, 0.1) is 5.69 Å². The molecule has 0 fully saturated rings. The molecular formula is C24H21FN4O. The Morgan fingerprint density at radius 2 is 1.90 bits per heavy atom. The van der Waals surface area contributed by atoms with Gasteiger partial charge >= 0.3 is 5.69 Å². The van der Waals surface area contributed by atoms with Gasteiger partial charge in [-0.3, -0.25) is 9.30 Å². The first-order valence-corrected chi connectivity index (χ1v) is 10.4. The molecule has 0 amide bonds. The normalized spacial score (nSPS) is 18.5. The molecule has 1 unspecified atom stereocenters. The zero-order valence-corrected chi connectivity index (χ0v) is 16.4.